The van der Waals surface area contributed by atoms with Crippen molar-refractivity contribution in [3.05, 3.63) is 35.4 Å². The van der Waals surface area contributed by atoms with Gasteiger partial charge in [-0.2, -0.15) is 0 Å². The van der Waals surface area contributed by atoms with E-state index in [4.69, 9.17) is 0 Å². The van der Waals surface area contributed by atoms with Gasteiger partial charge in [0.05, 0.1) is 0 Å². The van der Waals surface area contributed by atoms with Crippen molar-refractivity contribution in [3.8, 4) is 0 Å². The molecular formula is C20H36. The van der Waals surface area contributed by atoms with Crippen molar-refractivity contribution in [1.82, 2.24) is 0 Å². The molecule has 0 radical (unpaired) electrons. The van der Waals surface area contributed by atoms with Crippen molar-refractivity contribution in [3.63, 3.8) is 0 Å². The molecule has 1 aromatic rings. The lowest BCUT2D eigenvalue weighted by Gasteiger charge is -2.04. The number of unbranched alkanes of at least 4 members (excludes halogenated alkanes) is 5. The molecule has 0 saturated heterocycles. The molecule has 0 amide bonds. The molecule has 20 heavy (non-hydrogen) atoms. The molecule has 0 heteroatoms. The van der Waals surface area contributed by atoms with Gasteiger partial charge in [-0.15, -0.1) is 0 Å². The highest BCUT2D eigenvalue weighted by Crippen LogP contribution is 2.11. The fraction of sp³-hybridized carbons (Fsp3) is 0.700. The molecule has 0 aliphatic heterocycles. The molecule has 0 fully saturated rings. The number of rotatable bonds is 9. The normalized spacial score (nSPS) is 10.0. The quantitative estimate of drug-likeness (QED) is 0.428. The van der Waals surface area contributed by atoms with E-state index >= 15 is 0 Å². The van der Waals surface area contributed by atoms with Crippen LogP contribution in [0.3, 0.4) is 0 Å². The Bertz CT molecular complexity index is 283. The molecule has 0 aromatic heterocycles. The summed E-state index contributed by atoms with van der Waals surface area (Å²) in [7, 11) is 0. The van der Waals surface area contributed by atoms with E-state index in [2.05, 4.69) is 52.0 Å². The summed E-state index contributed by atoms with van der Waals surface area (Å²) < 4.78 is 0. The zero-order valence-electron chi connectivity index (χ0n) is 14.4. The third kappa shape index (κ3) is 11.1. The molecule has 0 N–H and O–H groups in total. The van der Waals surface area contributed by atoms with Crippen LogP contribution in [0, 0.1) is 0 Å². The highest BCUT2D eigenvalue weighted by molar-refractivity contribution is 5.22. The van der Waals surface area contributed by atoms with Crippen LogP contribution in [0.1, 0.15) is 90.2 Å². The van der Waals surface area contributed by atoms with Crippen LogP contribution in [0.15, 0.2) is 24.3 Å². The third-order valence-corrected chi connectivity index (χ3v) is 3.38. The van der Waals surface area contributed by atoms with Gasteiger partial charge in [0.2, 0.25) is 0 Å². The molecule has 0 nitrogen and oxygen atoms in total. The van der Waals surface area contributed by atoms with E-state index in [1.54, 1.807) is 0 Å². The maximum absolute atomic E-state index is 2.32. The van der Waals surface area contributed by atoms with Crippen molar-refractivity contribution in [2.75, 3.05) is 0 Å². The summed E-state index contributed by atoms with van der Waals surface area (Å²) in [5.74, 6) is 0. The van der Waals surface area contributed by atoms with Gasteiger partial charge in [-0.05, 0) is 30.4 Å². The number of hydrogen-bond acceptors (Lipinski definition) is 0. The van der Waals surface area contributed by atoms with E-state index in [1.807, 2.05) is 0 Å². The Morgan fingerprint density at radius 1 is 0.550 bits per heavy atom. The van der Waals surface area contributed by atoms with Gasteiger partial charge in [-0.1, -0.05) is 96.9 Å². The first-order valence-corrected chi connectivity index (χ1v) is 8.86. The molecule has 1 rings (SSSR count). The highest BCUT2D eigenvalue weighted by Gasteiger charge is 1.95. The second kappa shape index (κ2) is 14.6. The lowest BCUT2D eigenvalue weighted by Crippen LogP contribution is -1.88. The van der Waals surface area contributed by atoms with Crippen molar-refractivity contribution in [2.24, 2.45) is 0 Å². The smallest absolute Gasteiger partial charge is 0.0279 e. The average molecular weight is 277 g/mol. The second-order valence-electron chi connectivity index (χ2n) is 5.79. The van der Waals surface area contributed by atoms with Gasteiger partial charge in [0.15, 0.2) is 0 Å². The number of benzene rings is 1. The Morgan fingerprint density at radius 3 is 1.50 bits per heavy atom. The summed E-state index contributed by atoms with van der Waals surface area (Å²) in [6, 6.07) is 9.24. The fourth-order valence-electron chi connectivity index (χ4n) is 2.27. The van der Waals surface area contributed by atoms with Crippen LogP contribution < -0.4 is 0 Å². The van der Waals surface area contributed by atoms with Gasteiger partial charge >= 0.3 is 0 Å². The summed E-state index contributed by atoms with van der Waals surface area (Å²) in [4.78, 5) is 0. The number of hydrogen-bond donors (Lipinski definition) is 0. The summed E-state index contributed by atoms with van der Waals surface area (Å²) in [6.45, 7) is 8.77. The SMILES string of the molecule is CCC.CCCCCCCCc1ccc(CCC)cc1. The van der Waals surface area contributed by atoms with Crippen molar-refractivity contribution in [1.29, 1.82) is 0 Å². The maximum atomic E-state index is 2.32. The van der Waals surface area contributed by atoms with E-state index in [1.165, 1.54) is 75.3 Å². The predicted octanol–water partition coefficient (Wildman–Crippen LogP) is 6.96. The first kappa shape index (κ1) is 19.2. The minimum atomic E-state index is 1.22. The summed E-state index contributed by atoms with van der Waals surface area (Å²) >= 11 is 0. The molecule has 0 spiro atoms. The van der Waals surface area contributed by atoms with Crippen LogP contribution >= 0.6 is 0 Å². The third-order valence-electron chi connectivity index (χ3n) is 3.38. The van der Waals surface area contributed by atoms with Gasteiger partial charge in [-0.3, -0.25) is 0 Å². The molecule has 1 aromatic carbocycles. The van der Waals surface area contributed by atoms with Crippen LogP contribution in [-0.4, -0.2) is 0 Å². The first-order valence-electron chi connectivity index (χ1n) is 8.86. The number of aryl methyl sites for hydroxylation is 2. The van der Waals surface area contributed by atoms with E-state index in [0.717, 1.165) is 0 Å². The Labute approximate surface area is 128 Å². The van der Waals surface area contributed by atoms with Crippen LogP contribution in [0.25, 0.3) is 0 Å². The minimum absolute atomic E-state index is 1.22. The summed E-state index contributed by atoms with van der Waals surface area (Å²) in [5, 5.41) is 0. The molecule has 0 saturated carbocycles. The Kier molecular flexibility index (Phi) is 14.1. The minimum Gasteiger partial charge on any atom is -0.0656 e. The molecule has 0 atom stereocenters. The van der Waals surface area contributed by atoms with Gasteiger partial charge < -0.3 is 0 Å². The standard InChI is InChI=1S/C17H28.C3H8/c1-3-5-6-7-8-9-11-17-14-12-16(10-4-2)13-15-17;1-3-2/h12-15H,3-11H2,1-2H3;3H2,1-2H3. The topological polar surface area (TPSA) is 0 Å². The Hall–Kier alpha value is -0.780. The highest BCUT2D eigenvalue weighted by atomic mass is 14.0. The van der Waals surface area contributed by atoms with E-state index < -0.39 is 0 Å². The lowest BCUT2D eigenvalue weighted by atomic mass is 10.0. The van der Waals surface area contributed by atoms with Gasteiger partial charge in [0.25, 0.3) is 0 Å². The Balaban J connectivity index is 0.00000110. The van der Waals surface area contributed by atoms with E-state index in [9.17, 15) is 0 Å². The predicted molar refractivity (Wildman–Crippen MR) is 93.5 cm³/mol. The average Bonchev–Trinajstić information content (AvgIpc) is 2.46. The molecular weight excluding hydrogens is 240 g/mol. The first-order chi connectivity index (χ1) is 9.78. The largest absolute Gasteiger partial charge is 0.0656 e. The van der Waals surface area contributed by atoms with Gasteiger partial charge in [-0.25, -0.2) is 0 Å². The summed E-state index contributed by atoms with van der Waals surface area (Å²) in [6.07, 6.45) is 13.3. The zero-order chi connectivity index (χ0) is 15.1. The monoisotopic (exact) mass is 276 g/mol. The van der Waals surface area contributed by atoms with Crippen LogP contribution in [0.4, 0.5) is 0 Å². The van der Waals surface area contributed by atoms with Gasteiger partial charge in [0.1, 0.15) is 0 Å². The van der Waals surface area contributed by atoms with Crippen molar-refractivity contribution in [2.45, 2.75) is 91.9 Å². The van der Waals surface area contributed by atoms with Gasteiger partial charge in [0, 0.05) is 0 Å². The fourth-order valence-corrected chi connectivity index (χ4v) is 2.27. The van der Waals surface area contributed by atoms with E-state index in [-0.39, 0.29) is 0 Å². The summed E-state index contributed by atoms with van der Waals surface area (Å²) in [5.41, 5.74) is 3.00. The van der Waals surface area contributed by atoms with Crippen LogP contribution in [0.5, 0.6) is 0 Å². The maximum Gasteiger partial charge on any atom is -0.0279 e. The van der Waals surface area contributed by atoms with Crippen LogP contribution in [-0.2, 0) is 12.8 Å². The molecule has 0 bridgehead atoms. The zero-order valence-corrected chi connectivity index (χ0v) is 14.4. The lowest BCUT2D eigenvalue weighted by molar-refractivity contribution is 0.607. The molecule has 0 heterocycles. The molecule has 0 aliphatic rings. The second-order valence-corrected chi connectivity index (χ2v) is 5.79. The van der Waals surface area contributed by atoms with Crippen LogP contribution in [0.2, 0.25) is 0 Å². The van der Waals surface area contributed by atoms with Crippen molar-refractivity contribution < 1.29 is 0 Å². The molecule has 0 aliphatic carbocycles. The van der Waals surface area contributed by atoms with E-state index in [0.29, 0.717) is 0 Å². The van der Waals surface area contributed by atoms with Crippen molar-refractivity contribution >= 4 is 0 Å². The molecule has 116 valence electrons. The molecule has 0 unspecified atom stereocenters. The Morgan fingerprint density at radius 2 is 1.00 bits per heavy atom.